The zero-order valence-corrected chi connectivity index (χ0v) is 19.0. The van der Waals surface area contributed by atoms with Crippen LogP contribution in [-0.4, -0.2) is 29.6 Å². The molecule has 0 radical (unpaired) electrons. The number of benzene rings is 3. The molecular weight excluding hydrogens is 434 g/mol. The van der Waals surface area contributed by atoms with E-state index in [1.54, 1.807) is 31.2 Å². The number of hydrogen-bond donors (Lipinski definition) is 1. The molecule has 0 atom stereocenters. The number of esters is 1. The highest BCUT2D eigenvalue weighted by Crippen LogP contribution is 2.29. The second-order valence-electron chi connectivity index (χ2n) is 7.87. The molecule has 34 heavy (non-hydrogen) atoms. The fourth-order valence-corrected chi connectivity index (χ4v) is 3.67. The Morgan fingerprint density at radius 1 is 1.00 bits per heavy atom. The number of aromatic hydroxyl groups is 1. The Kier molecular flexibility index (Phi) is 6.94. The minimum Gasteiger partial charge on any atom is -0.507 e. The smallest absolute Gasteiger partial charge is 0.338 e. The number of phenols is 1. The van der Waals surface area contributed by atoms with Crippen LogP contribution in [0.25, 0.3) is 11.0 Å². The van der Waals surface area contributed by atoms with E-state index >= 15 is 0 Å². The van der Waals surface area contributed by atoms with Gasteiger partial charge in [0.2, 0.25) is 11.2 Å². The van der Waals surface area contributed by atoms with E-state index in [0.717, 1.165) is 5.56 Å². The number of fused-ring (bicyclic) bond motifs is 1. The van der Waals surface area contributed by atoms with Crippen LogP contribution in [-0.2, 0) is 17.8 Å². The molecule has 0 amide bonds. The molecule has 4 rings (SSSR count). The minimum atomic E-state index is -0.427. The molecule has 7 nitrogen and oxygen atoms in total. The van der Waals surface area contributed by atoms with Gasteiger partial charge in [-0.25, -0.2) is 4.79 Å². The Hall–Kier alpha value is -4.10. The highest BCUT2D eigenvalue weighted by molar-refractivity contribution is 5.89. The van der Waals surface area contributed by atoms with Gasteiger partial charge in [-0.2, -0.15) is 0 Å². The molecule has 0 spiro atoms. The standard InChI is InChI=1S/C27H25NO6/c1-3-32-27(31)19-9-11-20(12-10-19)34-24-17-33-26-21(25(24)30)13-14-23(29)22(26)16-28(2)15-18-7-5-4-6-8-18/h4-14,17,29H,3,15-16H2,1-2H3. The number of nitrogens with zero attached hydrogens (tertiary/aromatic N) is 1. The second-order valence-corrected chi connectivity index (χ2v) is 7.87. The summed E-state index contributed by atoms with van der Waals surface area (Å²) in [5.41, 5.74) is 2.01. The summed E-state index contributed by atoms with van der Waals surface area (Å²) in [6.45, 7) is 3.08. The third-order valence-corrected chi connectivity index (χ3v) is 5.30. The molecule has 7 heteroatoms. The lowest BCUT2D eigenvalue weighted by atomic mass is 10.1. The van der Waals surface area contributed by atoms with Crippen LogP contribution in [0, 0.1) is 0 Å². The summed E-state index contributed by atoms with van der Waals surface area (Å²) in [5.74, 6) is 0.00887. The highest BCUT2D eigenvalue weighted by Gasteiger charge is 2.17. The van der Waals surface area contributed by atoms with Gasteiger partial charge in [0.25, 0.3) is 0 Å². The number of phenolic OH excluding ortho intramolecular Hbond substituents is 1. The molecule has 4 aromatic rings. The SMILES string of the molecule is CCOC(=O)c1ccc(Oc2coc3c(CN(C)Cc4ccccc4)c(O)ccc3c2=O)cc1. The van der Waals surface area contributed by atoms with Crippen LogP contribution in [0.5, 0.6) is 17.2 Å². The maximum Gasteiger partial charge on any atom is 0.338 e. The van der Waals surface area contributed by atoms with Gasteiger partial charge in [-0.3, -0.25) is 9.69 Å². The number of hydrogen-bond acceptors (Lipinski definition) is 7. The number of carbonyl (C=O) groups is 1. The molecule has 174 valence electrons. The van der Waals surface area contributed by atoms with E-state index < -0.39 is 5.97 Å². The van der Waals surface area contributed by atoms with Gasteiger partial charge in [-0.1, -0.05) is 30.3 Å². The van der Waals surface area contributed by atoms with Crippen LogP contribution >= 0.6 is 0 Å². The third kappa shape index (κ3) is 5.10. The molecule has 1 aromatic heterocycles. The molecular formula is C27H25NO6. The predicted octanol–water partition coefficient (Wildman–Crippen LogP) is 5.10. The summed E-state index contributed by atoms with van der Waals surface area (Å²) in [7, 11) is 1.93. The normalized spacial score (nSPS) is 11.0. The molecule has 0 saturated heterocycles. The van der Waals surface area contributed by atoms with Crippen LogP contribution in [0.1, 0.15) is 28.4 Å². The van der Waals surface area contributed by atoms with Crippen molar-refractivity contribution in [3.05, 3.63) is 99.9 Å². The quantitative estimate of drug-likeness (QED) is 0.367. The predicted molar refractivity (Wildman–Crippen MR) is 128 cm³/mol. The van der Waals surface area contributed by atoms with Gasteiger partial charge in [0.1, 0.15) is 23.3 Å². The summed E-state index contributed by atoms with van der Waals surface area (Å²) < 4.78 is 16.4. The Labute approximate surface area is 196 Å². The van der Waals surface area contributed by atoms with E-state index in [0.29, 0.717) is 40.9 Å². The molecule has 3 aromatic carbocycles. The minimum absolute atomic E-state index is 0.00525. The summed E-state index contributed by atoms with van der Waals surface area (Å²) in [5, 5.41) is 10.8. The van der Waals surface area contributed by atoms with Crippen LogP contribution in [0.4, 0.5) is 0 Å². The van der Waals surface area contributed by atoms with E-state index in [-0.39, 0.29) is 23.5 Å². The van der Waals surface area contributed by atoms with Crippen molar-refractivity contribution in [2.75, 3.05) is 13.7 Å². The first-order valence-corrected chi connectivity index (χ1v) is 10.9. The molecule has 0 aliphatic carbocycles. The fourth-order valence-electron chi connectivity index (χ4n) is 3.67. The third-order valence-electron chi connectivity index (χ3n) is 5.30. The Balaban J connectivity index is 1.57. The maximum absolute atomic E-state index is 13.1. The zero-order chi connectivity index (χ0) is 24.1. The number of carbonyl (C=O) groups excluding carboxylic acids is 1. The van der Waals surface area contributed by atoms with E-state index in [2.05, 4.69) is 0 Å². The van der Waals surface area contributed by atoms with Crippen molar-refractivity contribution in [3.63, 3.8) is 0 Å². The lowest BCUT2D eigenvalue weighted by Crippen LogP contribution is -2.18. The van der Waals surface area contributed by atoms with Crippen molar-refractivity contribution in [2.45, 2.75) is 20.0 Å². The fraction of sp³-hybridized carbons (Fsp3) is 0.185. The van der Waals surface area contributed by atoms with E-state index in [9.17, 15) is 14.7 Å². The highest BCUT2D eigenvalue weighted by atomic mass is 16.5. The summed E-state index contributed by atoms with van der Waals surface area (Å²) in [6.07, 6.45) is 1.24. The van der Waals surface area contributed by atoms with Crippen LogP contribution in [0.3, 0.4) is 0 Å². The molecule has 1 heterocycles. The summed E-state index contributed by atoms with van der Waals surface area (Å²) in [4.78, 5) is 26.9. The van der Waals surface area contributed by atoms with Crippen molar-refractivity contribution in [2.24, 2.45) is 0 Å². The van der Waals surface area contributed by atoms with Gasteiger partial charge in [0, 0.05) is 13.1 Å². The molecule has 0 fully saturated rings. The van der Waals surface area contributed by atoms with Crippen molar-refractivity contribution >= 4 is 16.9 Å². The lowest BCUT2D eigenvalue weighted by Gasteiger charge is -2.18. The van der Waals surface area contributed by atoms with E-state index in [1.165, 1.54) is 18.4 Å². The lowest BCUT2D eigenvalue weighted by molar-refractivity contribution is 0.0526. The topological polar surface area (TPSA) is 89.2 Å². The first kappa shape index (κ1) is 23.1. The van der Waals surface area contributed by atoms with Crippen LogP contribution < -0.4 is 10.2 Å². The van der Waals surface area contributed by atoms with Gasteiger partial charge in [0.15, 0.2) is 0 Å². The van der Waals surface area contributed by atoms with Gasteiger partial charge in [-0.05, 0) is 55.9 Å². The molecule has 0 unspecified atom stereocenters. The van der Waals surface area contributed by atoms with Crippen molar-refractivity contribution in [3.8, 4) is 17.2 Å². The summed E-state index contributed by atoms with van der Waals surface area (Å²) >= 11 is 0. The Morgan fingerprint density at radius 3 is 2.44 bits per heavy atom. The van der Waals surface area contributed by atoms with Crippen LogP contribution in [0.15, 0.2) is 82.2 Å². The maximum atomic E-state index is 13.1. The van der Waals surface area contributed by atoms with Gasteiger partial charge in [0.05, 0.1) is 23.1 Å². The Morgan fingerprint density at radius 2 is 1.74 bits per heavy atom. The number of ether oxygens (including phenoxy) is 2. The van der Waals surface area contributed by atoms with Gasteiger partial charge >= 0.3 is 5.97 Å². The Bertz CT molecular complexity index is 1350. The van der Waals surface area contributed by atoms with E-state index in [4.69, 9.17) is 13.9 Å². The van der Waals surface area contributed by atoms with E-state index in [1.807, 2.05) is 42.3 Å². The molecule has 0 bridgehead atoms. The zero-order valence-electron chi connectivity index (χ0n) is 19.0. The molecule has 0 aliphatic rings. The second kappa shape index (κ2) is 10.2. The number of rotatable bonds is 8. The largest absolute Gasteiger partial charge is 0.507 e. The summed E-state index contributed by atoms with van der Waals surface area (Å²) in [6, 6.07) is 19.3. The molecule has 0 saturated carbocycles. The first-order chi connectivity index (χ1) is 16.5. The van der Waals surface area contributed by atoms with Crippen molar-refractivity contribution < 1.29 is 23.8 Å². The van der Waals surface area contributed by atoms with Gasteiger partial charge < -0.3 is 19.0 Å². The molecule has 0 aliphatic heterocycles. The average molecular weight is 459 g/mol. The van der Waals surface area contributed by atoms with Crippen molar-refractivity contribution in [1.82, 2.24) is 4.90 Å². The van der Waals surface area contributed by atoms with Gasteiger partial charge in [-0.15, -0.1) is 0 Å². The van der Waals surface area contributed by atoms with Crippen LogP contribution in [0.2, 0.25) is 0 Å². The monoisotopic (exact) mass is 459 g/mol. The first-order valence-electron chi connectivity index (χ1n) is 10.9. The average Bonchev–Trinajstić information content (AvgIpc) is 2.84. The van der Waals surface area contributed by atoms with Crippen molar-refractivity contribution in [1.29, 1.82) is 0 Å². The molecule has 1 N–H and O–H groups in total.